The Kier molecular flexibility index (Phi) is 4.66. The molecule has 0 aromatic rings. The Morgan fingerprint density at radius 3 is 2.44 bits per heavy atom. The summed E-state index contributed by atoms with van der Waals surface area (Å²) in [6.45, 7) is 9.88. The number of rotatable bonds is 6. The van der Waals surface area contributed by atoms with Crippen molar-refractivity contribution in [1.29, 1.82) is 0 Å². The van der Waals surface area contributed by atoms with Crippen molar-refractivity contribution < 1.29 is 0 Å². The minimum atomic E-state index is 0.772. The van der Waals surface area contributed by atoms with Crippen molar-refractivity contribution in [2.45, 2.75) is 52.0 Å². The summed E-state index contributed by atoms with van der Waals surface area (Å²) < 4.78 is 0. The first-order chi connectivity index (χ1) is 7.79. The molecule has 0 aromatic heterocycles. The van der Waals surface area contributed by atoms with Gasteiger partial charge in [0, 0.05) is 6.04 Å². The van der Waals surface area contributed by atoms with Crippen LogP contribution in [0.3, 0.4) is 0 Å². The molecular formula is C14H28N2. The highest BCUT2D eigenvalue weighted by Crippen LogP contribution is 2.32. The first kappa shape index (κ1) is 12.4. The Labute approximate surface area is 101 Å². The van der Waals surface area contributed by atoms with E-state index in [1.54, 1.807) is 0 Å². The highest BCUT2D eigenvalue weighted by molar-refractivity contribution is 4.84. The van der Waals surface area contributed by atoms with E-state index < -0.39 is 0 Å². The molecule has 2 fully saturated rings. The maximum absolute atomic E-state index is 3.74. The van der Waals surface area contributed by atoms with Crippen molar-refractivity contribution in [3.8, 4) is 0 Å². The Hall–Kier alpha value is -0.0800. The molecule has 1 saturated heterocycles. The lowest BCUT2D eigenvalue weighted by atomic mass is 9.96. The molecule has 1 N–H and O–H groups in total. The highest BCUT2D eigenvalue weighted by atomic mass is 15.1. The smallest absolute Gasteiger partial charge is 0.00671 e. The molecule has 1 heterocycles. The molecule has 2 rings (SSSR count). The summed E-state index contributed by atoms with van der Waals surface area (Å²) in [6, 6.07) is 0.772. The number of nitrogens with one attached hydrogen (secondary N) is 1. The lowest BCUT2D eigenvalue weighted by molar-refractivity contribution is 0.180. The van der Waals surface area contributed by atoms with E-state index >= 15 is 0 Å². The normalized spacial score (nSPS) is 25.9. The molecule has 2 aliphatic rings. The third kappa shape index (κ3) is 3.74. The summed E-state index contributed by atoms with van der Waals surface area (Å²) >= 11 is 0. The Morgan fingerprint density at radius 2 is 1.88 bits per heavy atom. The maximum Gasteiger partial charge on any atom is 0.00671 e. The van der Waals surface area contributed by atoms with Crippen LogP contribution in [0.4, 0.5) is 0 Å². The molecule has 1 aliphatic heterocycles. The van der Waals surface area contributed by atoms with Gasteiger partial charge < -0.3 is 10.2 Å². The number of piperidine rings is 1. The number of hydrogen-bond donors (Lipinski definition) is 1. The number of hydrogen-bond acceptors (Lipinski definition) is 2. The van der Waals surface area contributed by atoms with Gasteiger partial charge in [0.05, 0.1) is 0 Å². The van der Waals surface area contributed by atoms with E-state index in [0.29, 0.717) is 0 Å². The zero-order valence-corrected chi connectivity index (χ0v) is 11.0. The lowest BCUT2D eigenvalue weighted by Crippen LogP contribution is -2.39. The summed E-state index contributed by atoms with van der Waals surface area (Å²) in [5.74, 6) is 1.94. The van der Waals surface area contributed by atoms with Crippen molar-refractivity contribution in [2.75, 3.05) is 26.2 Å². The van der Waals surface area contributed by atoms with E-state index in [1.165, 1.54) is 58.3 Å². The second-order valence-electron chi connectivity index (χ2n) is 5.82. The Balaban J connectivity index is 1.57. The molecule has 1 atom stereocenters. The minimum absolute atomic E-state index is 0.772. The Morgan fingerprint density at radius 1 is 1.19 bits per heavy atom. The molecule has 0 aromatic carbocycles. The van der Waals surface area contributed by atoms with Crippen molar-refractivity contribution in [3.05, 3.63) is 0 Å². The van der Waals surface area contributed by atoms with Gasteiger partial charge in [-0.25, -0.2) is 0 Å². The molecule has 0 bridgehead atoms. The first-order valence-electron chi connectivity index (χ1n) is 7.25. The van der Waals surface area contributed by atoms with E-state index in [-0.39, 0.29) is 0 Å². The second-order valence-corrected chi connectivity index (χ2v) is 5.82. The average Bonchev–Trinajstić information content (AvgIpc) is 3.12. The topological polar surface area (TPSA) is 15.3 Å². The van der Waals surface area contributed by atoms with Crippen LogP contribution >= 0.6 is 0 Å². The van der Waals surface area contributed by atoms with Crippen LogP contribution in [0.25, 0.3) is 0 Å². The van der Waals surface area contributed by atoms with Crippen LogP contribution in [0.5, 0.6) is 0 Å². The summed E-state index contributed by atoms with van der Waals surface area (Å²) in [6.07, 6.45) is 7.04. The molecule has 94 valence electrons. The molecule has 0 spiro atoms. The third-order valence-electron chi connectivity index (χ3n) is 4.30. The van der Waals surface area contributed by atoms with Gasteiger partial charge in [0.25, 0.3) is 0 Å². The fourth-order valence-corrected chi connectivity index (χ4v) is 2.85. The summed E-state index contributed by atoms with van der Waals surface area (Å²) in [7, 11) is 0. The molecule has 2 heteroatoms. The predicted octanol–water partition coefficient (Wildman–Crippen LogP) is 2.50. The van der Waals surface area contributed by atoms with Crippen LogP contribution in [0.1, 0.15) is 46.0 Å². The first-order valence-corrected chi connectivity index (χ1v) is 7.25. The molecule has 2 nitrogen and oxygen atoms in total. The van der Waals surface area contributed by atoms with Crippen LogP contribution < -0.4 is 5.32 Å². The molecule has 0 amide bonds. The van der Waals surface area contributed by atoms with Gasteiger partial charge >= 0.3 is 0 Å². The maximum atomic E-state index is 3.74. The third-order valence-corrected chi connectivity index (χ3v) is 4.30. The molecular weight excluding hydrogens is 196 g/mol. The van der Waals surface area contributed by atoms with Gasteiger partial charge in [-0.05, 0) is 77.0 Å². The fraction of sp³-hybridized carbons (Fsp3) is 1.00. The van der Waals surface area contributed by atoms with Crippen LogP contribution in [0.2, 0.25) is 0 Å². The van der Waals surface area contributed by atoms with Gasteiger partial charge in [0.1, 0.15) is 0 Å². The zero-order chi connectivity index (χ0) is 11.4. The molecule has 1 unspecified atom stereocenters. The second kappa shape index (κ2) is 6.02. The number of nitrogens with zero attached hydrogens (tertiary/aromatic N) is 1. The van der Waals surface area contributed by atoms with Gasteiger partial charge in [0.15, 0.2) is 0 Å². The minimum Gasteiger partial charge on any atom is -0.314 e. The van der Waals surface area contributed by atoms with Crippen molar-refractivity contribution >= 4 is 0 Å². The molecule has 1 aliphatic carbocycles. The molecule has 1 saturated carbocycles. The quantitative estimate of drug-likeness (QED) is 0.746. The standard InChI is InChI=1S/C14H28N2/c1-3-8-16-9-6-13(7-10-16)11-15-12(2)14-4-5-14/h12-15H,3-11H2,1-2H3. The summed E-state index contributed by atoms with van der Waals surface area (Å²) in [5.41, 5.74) is 0. The van der Waals surface area contributed by atoms with Crippen LogP contribution in [-0.2, 0) is 0 Å². The van der Waals surface area contributed by atoms with Gasteiger partial charge in [0.2, 0.25) is 0 Å². The van der Waals surface area contributed by atoms with Gasteiger partial charge in [-0.3, -0.25) is 0 Å². The van der Waals surface area contributed by atoms with E-state index in [1.807, 2.05) is 0 Å². The lowest BCUT2D eigenvalue weighted by Gasteiger charge is -2.32. The fourth-order valence-electron chi connectivity index (χ4n) is 2.85. The highest BCUT2D eigenvalue weighted by Gasteiger charge is 2.28. The Bertz CT molecular complexity index is 193. The van der Waals surface area contributed by atoms with Crippen molar-refractivity contribution in [2.24, 2.45) is 11.8 Å². The summed E-state index contributed by atoms with van der Waals surface area (Å²) in [4.78, 5) is 2.63. The molecule has 0 radical (unpaired) electrons. The van der Waals surface area contributed by atoms with Crippen LogP contribution in [-0.4, -0.2) is 37.1 Å². The summed E-state index contributed by atoms with van der Waals surface area (Å²) in [5, 5.41) is 3.74. The van der Waals surface area contributed by atoms with E-state index in [2.05, 4.69) is 24.1 Å². The van der Waals surface area contributed by atoms with E-state index in [0.717, 1.165) is 17.9 Å². The largest absolute Gasteiger partial charge is 0.314 e. The monoisotopic (exact) mass is 224 g/mol. The zero-order valence-electron chi connectivity index (χ0n) is 11.0. The van der Waals surface area contributed by atoms with E-state index in [4.69, 9.17) is 0 Å². The average molecular weight is 224 g/mol. The van der Waals surface area contributed by atoms with Crippen molar-refractivity contribution in [1.82, 2.24) is 10.2 Å². The predicted molar refractivity (Wildman–Crippen MR) is 69.6 cm³/mol. The van der Waals surface area contributed by atoms with Gasteiger partial charge in [-0.15, -0.1) is 0 Å². The van der Waals surface area contributed by atoms with Gasteiger partial charge in [-0.1, -0.05) is 6.92 Å². The van der Waals surface area contributed by atoms with E-state index in [9.17, 15) is 0 Å². The van der Waals surface area contributed by atoms with Crippen LogP contribution in [0.15, 0.2) is 0 Å². The number of likely N-dealkylation sites (tertiary alicyclic amines) is 1. The molecule has 16 heavy (non-hydrogen) atoms. The van der Waals surface area contributed by atoms with Crippen molar-refractivity contribution in [3.63, 3.8) is 0 Å². The SMILES string of the molecule is CCCN1CCC(CNC(C)C2CC2)CC1. The van der Waals surface area contributed by atoms with Crippen LogP contribution in [0, 0.1) is 11.8 Å². The van der Waals surface area contributed by atoms with Gasteiger partial charge in [-0.2, -0.15) is 0 Å².